The van der Waals surface area contributed by atoms with E-state index < -0.39 is 6.10 Å². The molecule has 0 bridgehead atoms. The normalized spacial score (nSPS) is 12.9. The molecule has 4 nitrogen and oxygen atoms in total. The number of aliphatic hydroxyl groups is 1. The van der Waals surface area contributed by atoms with Crippen molar-refractivity contribution in [2.45, 2.75) is 31.0 Å². The summed E-state index contributed by atoms with van der Waals surface area (Å²) in [5, 5.41) is 14.5. The zero-order valence-electron chi connectivity index (χ0n) is 10.4. The molecule has 2 rings (SSSR count). The molecular formula is C13H16N2O2S. The first kappa shape index (κ1) is 13.1. The number of thioether (sulfide) groups is 1. The summed E-state index contributed by atoms with van der Waals surface area (Å²) in [5.41, 5.74) is 0.754. The van der Waals surface area contributed by atoms with Crippen LogP contribution in [0.25, 0.3) is 0 Å². The fourth-order valence-corrected chi connectivity index (χ4v) is 2.06. The minimum atomic E-state index is -0.850. The Labute approximate surface area is 110 Å². The Morgan fingerprint density at radius 2 is 2.00 bits per heavy atom. The summed E-state index contributed by atoms with van der Waals surface area (Å²) >= 11 is 1.74. The Balaban J connectivity index is 2.06. The Kier molecular flexibility index (Phi) is 4.38. The van der Waals surface area contributed by atoms with Gasteiger partial charge in [-0.3, -0.25) is 0 Å². The molecule has 18 heavy (non-hydrogen) atoms. The van der Waals surface area contributed by atoms with Gasteiger partial charge in [0.25, 0.3) is 5.89 Å². The zero-order valence-corrected chi connectivity index (χ0v) is 11.2. The third kappa shape index (κ3) is 3.34. The van der Waals surface area contributed by atoms with Gasteiger partial charge in [0.2, 0.25) is 0 Å². The number of hydrogen-bond donors (Lipinski definition) is 1. The fourth-order valence-electron chi connectivity index (χ4n) is 1.46. The van der Waals surface area contributed by atoms with Gasteiger partial charge in [0, 0.05) is 0 Å². The van der Waals surface area contributed by atoms with Gasteiger partial charge in [0.05, 0.1) is 5.75 Å². The van der Waals surface area contributed by atoms with Crippen LogP contribution in [0.3, 0.4) is 0 Å². The minimum Gasteiger partial charge on any atom is -0.378 e. The van der Waals surface area contributed by atoms with Crippen LogP contribution in [0.4, 0.5) is 0 Å². The van der Waals surface area contributed by atoms with E-state index >= 15 is 0 Å². The number of rotatable bonds is 5. The van der Waals surface area contributed by atoms with Crippen molar-refractivity contribution >= 4 is 11.8 Å². The molecule has 2 aromatic rings. The average molecular weight is 264 g/mol. The molecule has 0 saturated carbocycles. The molecule has 1 atom stereocenters. The van der Waals surface area contributed by atoms with Crippen molar-refractivity contribution in [1.82, 2.24) is 10.1 Å². The first-order valence-electron chi connectivity index (χ1n) is 5.84. The van der Waals surface area contributed by atoms with Gasteiger partial charge in [-0.05, 0) is 10.8 Å². The van der Waals surface area contributed by atoms with Crippen molar-refractivity contribution in [3.63, 3.8) is 0 Å². The van der Waals surface area contributed by atoms with Crippen molar-refractivity contribution in [3.8, 4) is 0 Å². The van der Waals surface area contributed by atoms with E-state index in [-0.39, 0.29) is 5.89 Å². The highest BCUT2D eigenvalue weighted by Crippen LogP contribution is 2.21. The summed E-state index contributed by atoms with van der Waals surface area (Å²) in [6, 6.07) is 9.29. The van der Waals surface area contributed by atoms with Crippen molar-refractivity contribution in [2.24, 2.45) is 0 Å². The van der Waals surface area contributed by atoms with E-state index in [4.69, 9.17) is 4.52 Å². The van der Waals surface area contributed by atoms with Crippen molar-refractivity contribution in [3.05, 3.63) is 47.6 Å². The van der Waals surface area contributed by atoms with Crippen LogP contribution < -0.4 is 0 Å². The Morgan fingerprint density at radius 1 is 1.28 bits per heavy atom. The molecule has 1 N–H and O–H groups in total. The second-order valence-electron chi connectivity index (χ2n) is 4.22. The molecule has 0 radical (unpaired) electrons. The number of nitrogens with zero attached hydrogens (tertiary/aromatic N) is 2. The van der Waals surface area contributed by atoms with Crippen LogP contribution in [-0.4, -0.2) is 20.5 Å². The fraction of sp³-hybridized carbons (Fsp3) is 0.385. The maximum Gasteiger partial charge on any atom is 0.260 e. The number of benzene rings is 1. The molecule has 0 aliphatic carbocycles. The van der Waals surface area contributed by atoms with Crippen LogP contribution in [0.5, 0.6) is 0 Å². The summed E-state index contributed by atoms with van der Waals surface area (Å²) in [5.74, 6) is 1.57. The second kappa shape index (κ2) is 6.02. The van der Waals surface area contributed by atoms with Crippen LogP contribution in [0.15, 0.2) is 34.9 Å². The lowest BCUT2D eigenvalue weighted by Gasteiger charge is -2.04. The van der Waals surface area contributed by atoms with Gasteiger partial charge in [-0.1, -0.05) is 49.3 Å². The highest BCUT2D eigenvalue weighted by Gasteiger charge is 2.17. The summed E-state index contributed by atoms with van der Waals surface area (Å²) in [6.07, 6.45) is -0.850. The van der Waals surface area contributed by atoms with Crippen LogP contribution in [0, 0.1) is 0 Å². The molecule has 1 aromatic heterocycles. The first-order chi connectivity index (χ1) is 8.66. The van der Waals surface area contributed by atoms with Gasteiger partial charge in [-0.25, -0.2) is 0 Å². The van der Waals surface area contributed by atoms with E-state index in [0.29, 0.717) is 16.8 Å². The molecule has 1 aromatic carbocycles. The van der Waals surface area contributed by atoms with E-state index in [1.807, 2.05) is 30.3 Å². The topological polar surface area (TPSA) is 59.2 Å². The number of hydrogen-bond acceptors (Lipinski definition) is 5. The number of aliphatic hydroxyl groups excluding tert-OH is 1. The van der Waals surface area contributed by atoms with E-state index in [9.17, 15) is 5.11 Å². The van der Waals surface area contributed by atoms with E-state index in [1.54, 1.807) is 11.8 Å². The molecule has 5 heteroatoms. The summed E-state index contributed by atoms with van der Waals surface area (Å²) < 4.78 is 5.09. The van der Waals surface area contributed by atoms with Crippen molar-refractivity contribution in [2.75, 3.05) is 0 Å². The highest BCUT2D eigenvalue weighted by atomic mass is 32.2. The minimum absolute atomic E-state index is 0.251. The van der Waals surface area contributed by atoms with Crippen LogP contribution >= 0.6 is 11.8 Å². The molecule has 1 unspecified atom stereocenters. The molecule has 0 aliphatic rings. The molecule has 0 saturated heterocycles. The van der Waals surface area contributed by atoms with Gasteiger partial charge in [-0.15, -0.1) is 0 Å². The van der Waals surface area contributed by atoms with Crippen molar-refractivity contribution in [1.29, 1.82) is 0 Å². The molecule has 0 amide bonds. The molecule has 96 valence electrons. The highest BCUT2D eigenvalue weighted by molar-refractivity contribution is 7.99. The second-order valence-corrected chi connectivity index (χ2v) is 5.79. The smallest absolute Gasteiger partial charge is 0.260 e. The Morgan fingerprint density at radius 3 is 2.67 bits per heavy atom. The number of aromatic nitrogens is 2. The van der Waals surface area contributed by atoms with Gasteiger partial charge >= 0.3 is 0 Å². The maximum atomic E-state index is 10.1. The Hall–Kier alpha value is -1.33. The molecule has 0 spiro atoms. The van der Waals surface area contributed by atoms with E-state index in [2.05, 4.69) is 24.0 Å². The lowest BCUT2D eigenvalue weighted by molar-refractivity contribution is 0.170. The predicted octanol–water partition coefficient (Wildman–Crippen LogP) is 2.79. The van der Waals surface area contributed by atoms with Crippen molar-refractivity contribution < 1.29 is 9.63 Å². The molecule has 0 fully saturated rings. The SMILES string of the molecule is CC(C)SCc1noc(C(O)c2ccccc2)n1. The molecular weight excluding hydrogens is 248 g/mol. The van der Waals surface area contributed by atoms with E-state index in [0.717, 1.165) is 5.56 Å². The van der Waals surface area contributed by atoms with Crippen LogP contribution in [-0.2, 0) is 5.75 Å². The lowest BCUT2D eigenvalue weighted by Crippen LogP contribution is -2.00. The van der Waals surface area contributed by atoms with Crippen LogP contribution in [0.2, 0.25) is 0 Å². The Bertz CT molecular complexity index is 485. The summed E-state index contributed by atoms with van der Waals surface area (Å²) in [7, 11) is 0. The summed E-state index contributed by atoms with van der Waals surface area (Å²) in [6.45, 7) is 4.23. The zero-order chi connectivity index (χ0) is 13.0. The quantitative estimate of drug-likeness (QED) is 0.899. The van der Waals surface area contributed by atoms with Gasteiger partial charge < -0.3 is 9.63 Å². The predicted molar refractivity (Wildman–Crippen MR) is 71.2 cm³/mol. The standard InChI is InChI=1S/C13H16N2O2S/c1-9(2)18-8-11-14-13(17-15-11)12(16)10-6-4-3-5-7-10/h3-7,9,12,16H,8H2,1-2H3. The summed E-state index contributed by atoms with van der Waals surface area (Å²) in [4.78, 5) is 4.21. The monoisotopic (exact) mass is 264 g/mol. The van der Waals surface area contributed by atoms with Gasteiger partial charge in [0.1, 0.15) is 0 Å². The lowest BCUT2D eigenvalue weighted by atomic mass is 10.1. The third-order valence-corrected chi connectivity index (χ3v) is 3.47. The molecule has 0 aliphatic heterocycles. The first-order valence-corrected chi connectivity index (χ1v) is 6.89. The van der Waals surface area contributed by atoms with Gasteiger partial charge in [-0.2, -0.15) is 16.7 Å². The van der Waals surface area contributed by atoms with E-state index in [1.165, 1.54) is 0 Å². The van der Waals surface area contributed by atoms with Gasteiger partial charge in [0.15, 0.2) is 11.9 Å². The third-order valence-electron chi connectivity index (χ3n) is 2.38. The molecule has 1 heterocycles. The maximum absolute atomic E-state index is 10.1. The average Bonchev–Trinajstić information content (AvgIpc) is 2.85. The largest absolute Gasteiger partial charge is 0.378 e. The van der Waals surface area contributed by atoms with Crippen LogP contribution in [0.1, 0.15) is 37.2 Å².